The van der Waals surface area contributed by atoms with E-state index in [9.17, 15) is 4.39 Å². The maximum Gasteiger partial charge on any atom is 0.206 e. The van der Waals surface area contributed by atoms with E-state index < -0.39 is 0 Å². The minimum atomic E-state index is -0.242. The molecular weight excluding hydrogens is 397 g/mol. The number of nitrogens with one attached hydrogen (secondary N) is 2. The molecule has 0 spiro atoms. The van der Waals surface area contributed by atoms with Crippen LogP contribution < -0.4 is 14.8 Å². The van der Waals surface area contributed by atoms with E-state index in [0.717, 1.165) is 21.7 Å². The molecule has 1 heterocycles. The predicted molar refractivity (Wildman–Crippen MR) is 113 cm³/mol. The summed E-state index contributed by atoms with van der Waals surface area (Å²) in [4.78, 5) is 5.57. The van der Waals surface area contributed by atoms with Crippen LogP contribution >= 0.6 is 23.5 Å². The summed E-state index contributed by atoms with van der Waals surface area (Å²) < 4.78 is 22.5. The summed E-state index contributed by atoms with van der Waals surface area (Å²) >= 11 is 7.67. The Balaban J connectivity index is 1.56. The van der Waals surface area contributed by atoms with Crippen LogP contribution in [0.3, 0.4) is 0 Å². The molecule has 0 saturated carbocycles. The fraction of sp³-hybridized carbons (Fsp3) is 0.0952. The molecule has 1 aliphatic heterocycles. The van der Waals surface area contributed by atoms with Crippen LogP contribution in [0.1, 0.15) is 11.1 Å². The van der Waals surface area contributed by atoms with Gasteiger partial charge in [0, 0.05) is 0 Å². The van der Waals surface area contributed by atoms with Crippen LogP contribution in [-0.4, -0.2) is 5.96 Å². The zero-order chi connectivity index (χ0) is 19.5. The van der Waals surface area contributed by atoms with Gasteiger partial charge in [-0.3, -0.25) is 4.72 Å². The summed E-state index contributed by atoms with van der Waals surface area (Å²) in [6.07, 6.45) is 0. The molecule has 4 nitrogen and oxygen atoms in total. The van der Waals surface area contributed by atoms with E-state index in [2.05, 4.69) is 15.0 Å². The standard InChI is InChI=1S/C21H17ClFN3OS/c1-13-11-15(23)10-9-14(13)12-24-21-25-20-18(7-4-8-19(20)28-26-21)27-17-6-3-2-5-16(17)22/h2-11H,12H2,1H3,(H2,24,25,26). The molecule has 0 aromatic heterocycles. The molecule has 0 saturated heterocycles. The van der Waals surface area contributed by atoms with Crippen molar-refractivity contribution < 1.29 is 9.13 Å². The average Bonchev–Trinajstić information content (AvgIpc) is 2.69. The van der Waals surface area contributed by atoms with E-state index >= 15 is 0 Å². The van der Waals surface area contributed by atoms with E-state index in [1.807, 2.05) is 43.3 Å². The van der Waals surface area contributed by atoms with Crippen LogP contribution in [-0.2, 0) is 6.54 Å². The molecule has 0 atom stereocenters. The highest BCUT2D eigenvalue weighted by Crippen LogP contribution is 2.40. The lowest BCUT2D eigenvalue weighted by Crippen LogP contribution is -2.29. The molecule has 0 radical (unpaired) electrons. The van der Waals surface area contributed by atoms with Crippen molar-refractivity contribution in [3.63, 3.8) is 0 Å². The number of fused-ring (bicyclic) bond motifs is 1. The number of benzene rings is 3. The zero-order valence-corrected chi connectivity index (χ0v) is 16.6. The molecule has 28 heavy (non-hydrogen) atoms. The van der Waals surface area contributed by atoms with Crippen LogP contribution in [0, 0.1) is 12.7 Å². The molecule has 1 aliphatic rings. The van der Waals surface area contributed by atoms with Gasteiger partial charge >= 0.3 is 0 Å². The summed E-state index contributed by atoms with van der Waals surface area (Å²) in [5, 5.41) is 3.83. The highest BCUT2D eigenvalue weighted by atomic mass is 35.5. The number of hydrogen-bond acceptors (Lipinski definition) is 3. The molecule has 2 N–H and O–H groups in total. The van der Waals surface area contributed by atoms with Gasteiger partial charge in [-0.1, -0.05) is 35.9 Å². The predicted octanol–water partition coefficient (Wildman–Crippen LogP) is 6.16. The van der Waals surface area contributed by atoms with Gasteiger partial charge in [0.2, 0.25) is 5.96 Å². The van der Waals surface area contributed by atoms with Gasteiger partial charge in [-0.2, -0.15) is 0 Å². The second-order valence-corrected chi connectivity index (χ2v) is 7.48. The van der Waals surface area contributed by atoms with Crippen molar-refractivity contribution in [3.8, 4) is 11.5 Å². The largest absolute Gasteiger partial charge is 0.454 e. The molecule has 7 heteroatoms. The second kappa shape index (κ2) is 8.12. The third kappa shape index (κ3) is 4.08. The lowest BCUT2D eigenvalue weighted by Gasteiger charge is -2.23. The Morgan fingerprint density at radius 2 is 1.89 bits per heavy atom. The number of aryl methyl sites for hydroxylation is 1. The first kappa shape index (κ1) is 18.7. The Morgan fingerprint density at radius 3 is 2.71 bits per heavy atom. The Morgan fingerprint density at radius 1 is 1.07 bits per heavy atom. The fourth-order valence-electron chi connectivity index (χ4n) is 2.77. The van der Waals surface area contributed by atoms with Crippen molar-refractivity contribution in [2.45, 2.75) is 18.4 Å². The number of ether oxygens (including phenoxy) is 1. The monoisotopic (exact) mass is 413 g/mol. The number of hydrogen-bond donors (Lipinski definition) is 2. The van der Waals surface area contributed by atoms with Crippen LogP contribution in [0.4, 0.5) is 10.1 Å². The minimum Gasteiger partial charge on any atom is -0.454 e. The van der Waals surface area contributed by atoms with Gasteiger partial charge in [-0.05, 0) is 66.4 Å². The fourth-order valence-corrected chi connectivity index (χ4v) is 3.67. The van der Waals surface area contributed by atoms with Crippen molar-refractivity contribution in [1.82, 2.24) is 4.72 Å². The third-order valence-electron chi connectivity index (χ3n) is 4.26. The molecule has 0 bridgehead atoms. The summed E-state index contributed by atoms with van der Waals surface area (Å²) in [6, 6.07) is 17.8. The van der Waals surface area contributed by atoms with Crippen molar-refractivity contribution in [2.24, 2.45) is 4.99 Å². The van der Waals surface area contributed by atoms with Gasteiger partial charge in [-0.25, -0.2) is 9.38 Å². The topological polar surface area (TPSA) is 45.7 Å². The number of nitrogens with zero attached hydrogens (tertiary/aromatic N) is 1. The zero-order valence-electron chi connectivity index (χ0n) is 15.0. The van der Waals surface area contributed by atoms with Gasteiger partial charge in [-0.15, -0.1) is 0 Å². The van der Waals surface area contributed by atoms with Gasteiger partial charge in [0.05, 0.1) is 22.2 Å². The second-order valence-electron chi connectivity index (χ2n) is 6.23. The number of anilines is 1. The molecule has 3 aromatic carbocycles. The van der Waals surface area contributed by atoms with Gasteiger partial charge < -0.3 is 10.1 Å². The SMILES string of the molecule is Cc1cc(F)ccc1CN=C1NSc2cccc(Oc3ccccc3Cl)c2N1. The van der Waals surface area contributed by atoms with Crippen LogP contribution in [0.2, 0.25) is 5.02 Å². The average molecular weight is 414 g/mol. The maximum atomic E-state index is 13.3. The summed E-state index contributed by atoms with van der Waals surface area (Å²) in [7, 11) is 0. The molecule has 0 unspecified atom stereocenters. The van der Waals surface area contributed by atoms with Crippen LogP contribution in [0.15, 0.2) is 70.6 Å². The molecule has 142 valence electrons. The Labute approximate surface area is 171 Å². The lowest BCUT2D eigenvalue weighted by molar-refractivity contribution is 0.484. The lowest BCUT2D eigenvalue weighted by atomic mass is 10.1. The number of para-hydroxylation sites is 2. The highest BCUT2D eigenvalue weighted by Gasteiger charge is 2.19. The Bertz CT molecular complexity index is 1060. The summed E-state index contributed by atoms with van der Waals surface area (Å²) in [5.74, 6) is 1.61. The number of guanidine groups is 1. The maximum absolute atomic E-state index is 13.3. The first-order valence-electron chi connectivity index (χ1n) is 8.65. The molecular formula is C21H17ClFN3OS. The molecule has 3 aromatic rings. The molecule has 0 fully saturated rings. The van der Waals surface area contributed by atoms with E-state index in [-0.39, 0.29) is 5.82 Å². The minimum absolute atomic E-state index is 0.242. The van der Waals surface area contributed by atoms with Crippen molar-refractivity contribution in [3.05, 3.63) is 82.6 Å². The quantitative estimate of drug-likeness (QED) is 0.503. The summed E-state index contributed by atoms with van der Waals surface area (Å²) in [6.45, 7) is 2.31. The first-order valence-corrected chi connectivity index (χ1v) is 9.84. The molecule has 0 amide bonds. The Hall–Kier alpha value is -2.70. The molecule has 0 aliphatic carbocycles. The normalized spacial score (nSPS) is 14.2. The van der Waals surface area contributed by atoms with Gasteiger partial charge in [0.15, 0.2) is 5.75 Å². The number of halogens is 2. The van der Waals surface area contributed by atoms with E-state index in [4.69, 9.17) is 16.3 Å². The Kier molecular flexibility index (Phi) is 5.41. The highest BCUT2D eigenvalue weighted by molar-refractivity contribution is 7.98. The van der Waals surface area contributed by atoms with Crippen molar-refractivity contribution >= 4 is 35.2 Å². The van der Waals surface area contributed by atoms with Gasteiger partial charge in [0.25, 0.3) is 0 Å². The van der Waals surface area contributed by atoms with Crippen molar-refractivity contribution in [1.29, 1.82) is 0 Å². The number of rotatable bonds is 4. The number of aliphatic imine (C=N–C) groups is 1. The van der Waals surface area contributed by atoms with Crippen LogP contribution in [0.25, 0.3) is 0 Å². The smallest absolute Gasteiger partial charge is 0.206 e. The van der Waals surface area contributed by atoms with E-state index in [0.29, 0.717) is 29.0 Å². The van der Waals surface area contributed by atoms with Gasteiger partial charge in [0.1, 0.15) is 11.6 Å². The van der Waals surface area contributed by atoms with Crippen molar-refractivity contribution in [2.75, 3.05) is 5.32 Å². The van der Waals surface area contributed by atoms with Crippen LogP contribution in [0.5, 0.6) is 11.5 Å². The summed E-state index contributed by atoms with van der Waals surface area (Å²) in [5.41, 5.74) is 2.66. The van der Waals surface area contributed by atoms with E-state index in [1.165, 1.54) is 24.1 Å². The third-order valence-corrected chi connectivity index (χ3v) is 5.43. The first-order chi connectivity index (χ1) is 13.6. The van der Waals surface area contributed by atoms with E-state index in [1.54, 1.807) is 12.1 Å². The molecule has 4 rings (SSSR count).